The first-order chi connectivity index (χ1) is 13.0. The van der Waals surface area contributed by atoms with Gasteiger partial charge in [0.15, 0.2) is 15.8 Å². The molecule has 0 aliphatic carbocycles. The van der Waals surface area contributed by atoms with E-state index in [0.29, 0.717) is 20.7 Å². The number of methoxy groups -OCH3 is 2. The number of carbonyl (C=O) groups is 1. The molecule has 140 valence electrons. The van der Waals surface area contributed by atoms with Gasteiger partial charge < -0.3 is 14.4 Å². The Bertz CT molecular complexity index is 908. The molecule has 1 amide bonds. The van der Waals surface area contributed by atoms with Gasteiger partial charge in [-0.05, 0) is 36.4 Å². The Balaban J connectivity index is 1.93. The van der Waals surface area contributed by atoms with Crippen LogP contribution >= 0.6 is 24.0 Å². The molecule has 27 heavy (non-hydrogen) atoms. The highest BCUT2D eigenvalue weighted by molar-refractivity contribution is 8.27. The first-order valence-electron chi connectivity index (χ1n) is 8.22. The molecule has 2 aromatic rings. The van der Waals surface area contributed by atoms with Crippen LogP contribution in [0.15, 0.2) is 47.4 Å². The van der Waals surface area contributed by atoms with Crippen molar-refractivity contribution in [2.75, 3.05) is 38.1 Å². The van der Waals surface area contributed by atoms with Crippen LogP contribution in [0.1, 0.15) is 5.56 Å². The molecule has 5 nitrogen and oxygen atoms in total. The largest absolute Gasteiger partial charge is 0.493 e. The van der Waals surface area contributed by atoms with Gasteiger partial charge in [-0.1, -0.05) is 36.1 Å². The van der Waals surface area contributed by atoms with E-state index in [2.05, 4.69) is 0 Å². The lowest BCUT2D eigenvalue weighted by Crippen LogP contribution is -2.27. The van der Waals surface area contributed by atoms with Gasteiger partial charge in [0.2, 0.25) is 0 Å². The SMILES string of the molecule is COc1cccc(/C=C2\SC(=S)N(c3ccc(N(C)C)cc3)C2=O)c1OC. The van der Waals surface area contributed by atoms with Crippen LogP contribution in [0.5, 0.6) is 11.5 Å². The zero-order valence-corrected chi connectivity index (χ0v) is 17.2. The van der Waals surface area contributed by atoms with Crippen molar-refractivity contribution in [3.8, 4) is 11.5 Å². The number of rotatable bonds is 5. The summed E-state index contributed by atoms with van der Waals surface area (Å²) in [5.74, 6) is 1.05. The normalized spacial score (nSPS) is 15.4. The van der Waals surface area contributed by atoms with Crippen molar-refractivity contribution < 1.29 is 14.3 Å². The van der Waals surface area contributed by atoms with Crippen LogP contribution in [0.25, 0.3) is 6.08 Å². The minimum atomic E-state index is -0.146. The van der Waals surface area contributed by atoms with Crippen molar-refractivity contribution in [2.45, 2.75) is 0 Å². The van der Waals surface area contributed by atoms with Gasteiger partial charge in [0.05, 0.1) is 24.8 Å². The topological polar surface area (TPSA) is 42.0 Å². The maximum Gasteiger partial charge on any atom is 0.270 e. The number of para-hydroxylation sites is 1. The van der Waals surface area contributed by atoms with Crippen LogP contribution in [0.3, 0.4) is 0 Å². The van der Waals surface area contributed by atoms with Gasteiger partial charge >= 0.3 is 0 Å². The first kappa shape index (κ1) is 19.3. The Hall–Kier alpha value is -2.51. The lowest BCUT2D eigenvalue weighted by atomic mass is 10.1. The summed E-state index contributed by atoms with van der Waals surface area (Å²) in [4.78, 5) is 17.1. The molecule has 1 saturated heterocycles. The third-order valence-corrected chi connectivity index (χ3v) is 5.44. The van der Waals surface area contributed by atoms with Crippen LogP contribution in [-0.4, -0.2) is 38.5 Å². The summed E-state index contributed by atoms with van der Waals surface area (Å²) in [6.07, 6.45) is 1.79. The maximum absolute atomic E-state index is 13.0. The monoisotopic (exact) mass is 400 g/mol. The summed E-state index contributed by atoms with van der Waals surface area (Å²) < 4.78 is 11.3. The second kappa shape index (κ2) is 8.02. The molecule has 0 aromatic heterocycles. The second-order valence-electron chi connectivity index (χ2n) is 6.01. The Kier molecular flexibility index (Phi) is 5.72. The molecule has 7 heteroatoms. The molecular formula is C20H20N2O3S2. The Morgan fingerprint density at radius 1 is 1.07 bits per heavy atom. The van der Waals surface area contributed by atoms with Gasteiger partial charge in [0, 0.05) is 25.3 Å². The molecule has 3 rings (SSSR count). The summed E-state index contributed by atoms with van der Waals surface area (Å²) in [6, 6.07) is 13.3. The molecule has 1 heterocycles. The number of carbonyl (C=O) groups excluding carboxylic acids is 1. The fraction of sp³-hybridized carbons (Fsp3) is 0.200. The van der Waals surface area contributed by atoms with E-state index in [9.17, 15) is 4.79 Å². The van der Waals surface area contributed by atoms with Crippen molar-refractivity contribution in [3.05, 3.63) is 52.9 Å². The lowest BCUT2D eigenvalue weighted by molar-refractivity contribution is -0.113. The lowest BCUT2D eigenvalue weighted by Gasteiger charge is -2.17. The second-order valence-corrected chi connectivity index (χ2v) is 7.69. The van der Waals surface area contributed by atoms with Crippen LogP contribution < -0.4 is 19.3 Å². The van der Waals surface area contributed by atoms with E-state index < -0.39 is 0 Å². The Morgan fingerprint density at radius 3 is 2.37 bits per heavy atom. The fourth-order valence-electron chi connectivity index (χ4n) is 2.76. The van der Waals surface area contributed by atoms with Crippen molar-refractivity contribution in [3.63, 3.8) is 0 Å². The molecule has 0 unspecified atom stereocenters. The number of thioether (sulfide) groups is 1. The summed E-state index contributed by atoms with van der Waals surface area (Å²) in [5, 5.41) is 0. The maximum atomic E-state index is 13.0. The van der Waals surface area contributed by atoms with E-state index >= 15 is 0 Å². The predicted octanol–water partition coefficient (Wildman–Crippen LogP) is 4.18. The summed E-state index contributed by atoms with van der Waals surface area (Å²) in [5.41, 5.74) is 2.57. The van der Waals surface area contributed by atoms with Gasteiger partial charge in [0.1, 0.15) is 0 Å². The van der Waals surface area contributed by atoms with Crippen molar-refractivity contribution in [2.24, 2.45) is 0 Å². The number of nitrogens with zero attached hydrogens (tertiary/aromatic N) is 2. The molecule has 0 radical (unpaired) electrons. The number of hydrogen-bond donors (Lipinski definition) is 0. The van der Waals surface area contributed by atoms with Gasteiger partial charge in [-0.15, -0.1) is 0 Å². The van der Waals surface area contributed by atoms with E-state index in [1.807, 2.05) is 61.5 Å². The average molecular weight is 401 g/mol. The van der Waals surface area contributed by atoms with Crippen LogP contribution in [0.4, 0.5) is 11.4 Å². The first-order valence-corrected chi connectivity index (χ1v) is 9.45. The third-order valence-electron chi connectivity index (χ3n) is 4.14. The van der Waals surface area contributed by atoms with Gasteiger partial charge in [-0.2, -0.15) is 0 Å². The van der Waals surface area contributed by atoms with Crippen LogP contribution in [0.2, 0.25) is 0 Å². The predicted molar refractivity (Wildman–Crippen MR) is 116 cm³/mol. The highest BCUT2D eigenvalue weighted by Gasteiger charge is 2.33. The minimum Gasteiger partial charge on any atom is -0.493 e. The van der Waals surface area contributed by atoms with E-state index in [0.717, 1.165) is 16.9 Å². The van der Waals surface area contributed by atoms with Crippen molar-refractivity contribution >= 4 is 51.7 Å². The van der Waals surface area contributed by atoms with Gasteiger partial charge in [-0.25, -0.2) is 0 Å². The molecule has 0 bridgehead atoms. The zero-order valence-electron chi connectivity index (χ0n) is 15.6. The quantitative estimate of drug-likeness (QED) is 0.554. The van der Waals surface area contributed by atoms with Crippen molar-refractivity contribution in [1.29, 1.82) is 0 Å². The number of thiocarbonyl (C=S) groups is 1. The van der Waals surface area contributed by atoms with Crippen molar-refractivity contribution in [1.82, 2.24) is 0 Å². The van der Waals surface area contributed by atoms with Crippen LogP contribution in [0, 0.1) is 0 Å². The third kappa shape index (κ3) is 3.79. The Morgan fingerprint density at radius 2 is 1.78 bits per heavy atom. The number of ether oxygens (including phenoxy) is 2. The number of benzene rings is 2. The molecule has 0 atom stereocenters. The number of hydrogen-bond acceptors (Lipinski definition) is 6. The molecule has 1 aliphatic heterocycles. The standard InChI is InChI=1S/C20H20N2O3S2/c1-21(2)14-8-10-15(11-9-14)22-19(23)17(27-20(22)26)12-13-6-5-7-16(24-3)18(13)25-4/h5-12H,1-4H3/b17-12-. The van der Waals surface area contributed by atoms with Crippen LogP contribution in [-0.2, 0) is 4.79 Å². The summed E-state index contributed by atoms with van der Waals surface area (Å²) in [6.45, 7) is 0. The summed E-state index contributed by atoms with van der Waals surface area (Å²) >= 11 is 6.72. The molecule has 2 aromatic carbocycles. The van der Waals surface area contributed by atoms with E-state index in [4.69, 9.17) is 21.7 Å². The molecule has 0 saturated carbocycles. The number of amides is 1. The minimum absolute atomic E-state index is 0.146. The highest BCUT2D eigenvalue weighted by atomic mass is 32.2. The molecule has 0 spiro atoms. The van der Waals surface area contributed by atoms with Gasteiger partial charge in [-0.3, -0.25) is 9.69 Å². The smallest absolute Gasteiger partial charge is 0.270 e. The molecule has 1 aliphatic rings. The fourth-order valence-corrected chi connectivity index (χ4v) is 4.05. The van der Waals surface area contributed by atoms with E-state index in [-0.39, 0.29) is 5.91 Å². The van der Waals surface area contributed by atoms with E-state index in [1.165, 1.54) is 11.8 Å². The van der Waals surface area contributed by atoms with Gasteiger partial charge in [0.25, 0.3) is 5.91 Å². The summed E-state index contributed by atoms with van der Waals surface area (Å²) in [7, 11) is 7.10. The average Bonchev–Trinajstić information content (AvgIpc) is 2.94. The zero-order chi connectivity index (χ0) is 19.6. The van der Waals surface area contributed by atoms with E-state index in [1.54, 1.807) is 25.2 Å². The number of anilines is 2. The highest BCUT2D eigenvalue weighted by Crippen LogP contribution is 2.39. The molecule has 1 fully saturated rings. The molecule has 0 N–H and O–H groups in total. The Labute approximate surface area is 168 Å². The molecular weight excluding hydrogens is 380 g/mol.